The molecule has 3 heteroatoms. The number of hydrogen-bond donors (Lipinski definition) is 1. The molecule has 0 bridgehead atoms. The molecule has 1 saturated carbocycles. The van der Waals surface area contributed by atoms with Crippen molar-refractivity contribution in [1.29, 1.82) is 0 Å². The Kier molecular flexibility index (Phi) is 2.09. The summed E-state index contributed by atoms with van der Waals surface area (Å²) in [6.45, 7) is 1.27. The highest BCUT2D eigenvalue weighted by Crippen LogP contribution is 2.25. The van der Waals surface area contributed by atoms with E-state index >= 15 is 0 Å². The minimum Gasteiger partial charge on any atom is -0.375 e. The molecule has 1 unspecified atom stereocenters. The number of rotatable bonds is 1. The second kappa shape index (κ2) is 2.74. The van der Waals surface area contributed by atoms with Crippen LogP contribution in [0.2, 0.25) is 0 Å². The lowest BCUT2D eigenvalue weighted by Gasteiger charge is -2.27. The van der Waals surface area contributed by atoms with Crippen LogP contribution >= 0.6 is 0 Å². The fourth-order valence-electron chi connectivity index (χ4n) is 1.38. The molecule has 3 nitrogen and oxygen atoms in total. The molecule has 1 aliphatic rings. The minimum absolute atomic E-state index is 0.307. The third-order valence-corrected chi connectivity index (χ3v) is 2.24. The zero-order chi connectivity index (χ0) is 8.48. The molecule has 11 heavy (non-hydrogen) atoms. The normalized spacial score (nSPS) is 32.0. The monoisotopic (exact) mass is 156 g/mol. The Morgan fingerprint density at radius 1 is 1.55 bits per heavy atom. The second-order valence-corrected chi connectivity index (χ2v) is 3.05. The molecule has 0 spiro atoms. The van der Waals surface area contributed by atoms with Gasteiger partial charge in [0.2, 0.25) is 0 Å². The Balaban J connectivity index is 2.81. The Labute approximate surface area is 65.4 Å². The van der Waals surface area contributed by atoms with Crippen LogP contribution in [0.4, 0.5) is 0 Å². The Morgan fingerprint density at radius 2 is 2.18 bits per heavy atom. The van der Waals surface area contributed by atoms with Gasteiger partial charge < -0.3 is 5.11 Å². The number of carbonyl (C=O) groups excluding carboxylic acids is 2. The van der Waals surface area contributed by atoms with Crippen LogP contribution in [0.5, 0.6) is 0 Å². The van der Waals surface area contributed by atoms with Crippen molar-refractivity contribution in [1.82, 2.24) is 0 Å². The molecule has 62 valence electrons. The third-order valence-electron chi connectivity index (χ3n) is 2.24. The molecule has 1 atom stereocenters. The van der Waals surface area contributed by atoms with Gasteiger partial charge in [-0.05, 0) is 26.2 Å². The predicted molar refractivity (Wildman–Crippen MR) is 39.1 cm³/mol. The van der Waals surface area contributed by atoms with E-state index in [1.807, 2.05) is 0 Å². The predicted octanol–water partition coefficient (Wildman–Crippen LogP) is 0.450. The zero-order valence-corrected chi connectivity index (χ0v) is 6.59. The Morgan fingerprint density at radius 3 is 2.55 bits per heavy atom. The number of carbonyl (C=O) groups is 2. The van der Waals surface area contributed by atoms with Crippen molar-refractivity contribution in [2.75, 3.05) is 0 Å². The first-order valence-corrected chi connectivity index (χ1v) is 3.84. The maximum Gasteiger partial charge on any atom is 0.180 e. The number of hydrogen-bond acceptors (Lipinski definition) is 3. The average molecular weight is 156 g/mol. The van der Waals surface area contributed by atoms with Crippen LogP contribution in [0.25, 0.3) is 0 Å². The zero-order valence-electron chi connectivity index (χ0n) is 6.59. The van der Waals surface area contributed by atoms with Gasteiger partial charge in [0.1, 0.15) is 0 Å². The lowest BCUT2D eigenvalue weighted by molar-refractivity contribution is -0.152. The van der Waals surface area contributed by atoms with Gasteiger partial charge in [0.25, 0.3) is 0 Å². The highest BCUT2D eigenvalue weighted by Gasteiger charge is 2.41. The maximum atomic E-state index is 11.1. The average Bonchev–Trinajstić information content (AvgIpc) is 1.95. The van der Waals surface area contributed by atoms with Crippen molar-refractivity contribution < 1.29 is 14.7 Å². The fourth-order valence-corrected chi connectivity index (χ4v) is 1.38. The first-order valence-electron chi connectivity index (χ1n) is 3.84. The lowest BCUT2D eigenvalue weighted by Crippen LogP contribution is -2.47. The van der Waals surface area contributed by atoms with Gasteiger partial charge in [-0.15, -0.1) is 0 Å². The van der Waals surface area contributed by atoms with Crippen LogP contribution in [-0.2, 0) is 9.59 Å². The van der Waals surface area contributed by atoms with Crippen molar-refractivity contribution in [2.24, 2.45) is 0 Å². The molecule has 0 heterocycles. The van der Waals surface area contributed by atoms with Crippen LogP contribution < -0.4 is 0 Å². The SMILES string of the molecule is CC(=O)C1(O)CCCCC1=O. The maximum absolute atomic E-state index is 11.1. The van der Waals surface area contributed by atoms with Crippen molar-refractivity contribution >= 4 is 11.6 Å². The van der Waals surface area contributed by atoms with Gasteiger partial charge in [-0.2, -0.15) is 0 Å². The summed E-state index contributed by atoms with van der Waals surface area (Å²) < 4.78 is 0. The fraction of sp³-hybridized carbons (Fsp3) is 0.750. The molecule has 0 aliphatic heterocycles. The molecule has 0 radical (unpaired) electrons. The van der Waals surface area contributed by atoms with E-state index in [0.717, 1.165) is 12.8 Å². The Hall–Kier alpha value is -0.700. The largest absolute Gasteiger partial charge is 0.375 e. The summed E-state index contributed by atoms with van der Waals surface area (Å²) in [6, 6.07) is 0. The summed E-state index contributed by atoms with van der Waals surface area (Å²) in [6.07, 6.45) is 2.22. The van der Waals surface area contributed by atoms with Gasteiger partial charge in [-0.1, -0.05) is 0 Å². The molecule has 1 rings (SSSR count). The Bertz CT molecular complexity index is 198. The van der Waals surface area contributed by atoms with E-state index in [0.29, 0.717) is 12.8 Å². The van der Waals surface area contributed by atoms with E-state index in [2.05, 4.69) is 0 Å². The van der Waals surface area contributed by atoms with Crippen LogP contribution in [-0.4, -0.2) is 22.3 Å². The summed E-state index contributed by atoms with van der Waals surface area (Å²) in [5.41, 5.74) is -1.64. The van der Waals surface area contributed by atoms with Crippen molar-refractivity contribution in [2.45, 2.75) is 38.2 Å². The van der Waals surface area contributed by atoms with Crippen LogP contribution in [0.15, 0.2) is 0 Å². The number of aliphatic hydroxyl groups is 1. The third kappa shape index (κ3) is 1.33. The van der Waals surface area contributed by atoms with Gasteiger partial charge in [-0.25, -0.2) is 0 Å². The number of Topliss-reactive ketones (excluding diaryl/α,β-unsaturated/α-hetero) is 2. The van der Waals surface area contributed by atoms with Gasteiger partial charge >= 0.3 is 0 Å². The molecule has 0 aromatic rings. The summed E-state index contributed by atoms with van der Waals surface area (Å²) in [5.74, 6) is -0.724. The first-order chi connectivity index (χ1) is 5.07. The van der Waals surface area contributed by atoms with Crippen molar-refractivity contribution in [3.05, 3.63) is 0 Å². The highest BCUT2D eigenvalue weighted by atomic mass is 16.3. The van der Waals surface area contributed by atoms with E-state index in [-0.39, 0.29) is 5.78 Å². The van der Waals surface area contributed by atoms with E-state index in [1.54, 1.807) is 0 Å². The molecule has 0 aromatic heterocycles. The smallest absolute Gasteiger partial charge is 0.180 e. The standard InChI is InChI=1S/C8H12O3/c1-6(9)8(11)5-3-2-4-7(8)10/h11H,2-5H2,1H3. The lowest BCUT2D eigenvalue weighted by atomic mass is 9.81. The summed E-state index contributed by atoms with van der Waals surface area (Å²) in [7, 11) is 0. The highest BCUT2D eigenvalue weighted by molar-refractivity contribution is 6.09. The first kappa shape index (κ1) is 8.40. The van der Waals surface area contributed by atoms with Gasteiger partial charge in [-0.3, -0.25) is 9.59 Å². The molecule has 0 aromatic carbocycles. The van der Waals surface area contributed by atoms with Gasteiger partial charge in [0.15, 0.2) is 17.2 Å². The molecule has 1 aliphatic carbocycles. The molecule has 1 fully saturated rings. The van der Waals surface area contributed by atoms with Crippen LogP contribution in [0, 0.1) is 0 Å². The second-order valence-electron chi connectivity index (χ2n) is 3.05. The van der Waals surface area contributed by atoms with Gasteiger partial charge in [0, 0.05) is 6.42 Å². The van der Waals surface area contributed by atoms with E-state index in [4.69, 9.17) is 0 Å². The van der Waals surface area contributed by atoms with Crippen LogP contribution in [0.1, 0.15) is 32.6 Å². The van der Waals surface area contributed by atoms with Crippen molar-refractivity contribution in [3.63, 3.8) is 0 Å². The quantitative estimate of drug-likeness (QED) is 0.561. The summed E-state index contributed by atoms with van der Waals surface area (Å²) >= 11 is 0. The topological polar surface area (TPSA) is 54.4 Å². The molecular formula is C8H12O3. The van der Waals surface area contributed by atoms with Crippen LogP contribution in [0.3, 0.4) is 0 Å². The van der Waals surface area contributed by atoms with E-state index in [1.165, 1.54) is 6.92 Å². The minimum atomic E-state index is -1.64. The summed E-state index contributed by atoms with van der Waals surface area (Å²) in [4.78, 5) is 21.9. The molecule has 0 saturated heterocycles. The number of ketones is 2. The molecule has 0 amide bonds. The van der Waals surface area contributed by atoms with E-state index < -0.39 is 11.4 Å². The van der Waals surface area contributed by atoms with Gasteiger partial charge in [0.05, 0.1) is 0 Å². The van der Waals surface area contributed by atoms with Crippen molar-refractivity contribution in [3.8, 4) is 0 Å². The molecule has 1 N–H and O–H groups in total. The van der Waals surface area contributed by atoms with E-state index in [9.17, 15) is 14.7 Å². The molecular weight excluding hydrogens is 144 g/mol. The summed E-state index contributed by atoms with van der Waals surface area (Å²) in [5, 5.41) is 9.52.